The SMILES string of the molecule is C[C@H]1C[C@@H](C(=O)Nc2cccc(OCc3ccc(Cl)cc3)c2)CCN1. The Kier molecular flexibility index (Phi) is 5.95. The number of hydrogen-bond acceptors (Lipinski definition) is 3. The Morgan fingerprint density at radius 3 is 2.84 bits per heavy atom. The fraction of sp³-hybridized carbons (Fsp3) is 0.350. The van der Waals surface area contributed by atoms with Crippen LogP contribution in [0.25, 0.3) is 0 Å². The van der Waals surface area contributed by atoms with Gasteiger partial charge in [-0.1, -0.05) is 29.8 Å². The van der Waals surface area contributed by atoms with Gasteiger partial charge in [0.15, 0.2) is 0 Å². The number of benzene rings is 2. The molecule has 0 aliphatic carbocycles. The second-order valence-corrected chi connectivity index (χ2v) is 6.95. The zero-order chi connectivity index (χ0) is 17.6. The van der Waals surface area contributed by atoms with E-state index in [1.54, 1.807) is 0 Å². The molecule has 0 unspecified atom stereocenters. The van der Waals surface area contributed by atoms with Crippen molar-refractivity contribution in [3.05, 3.63) is 59.1 Å². The highest BCUT2D eigenvalue weighted by atomic mass is 35.5. The fourth-order valence-electron chi connectivity index (χ4n) is 3.03. The molecule has 1 amide bonds. The minimum atomic E-state index is 0.0647. The van der Waals surface area contributed by atoms with Gasteiger partial charge in [0.1, 0.15) is 12.4 Å². The van der Waals surface area contributed by atoms with Crippen LogP contribution in [0.3, 0.4) is 0 Å². The van der Waals surface area contributed by atoms with Crippen molar-refractivity contribution in [3.63, 3.8) is 0 Å². The maximum atomic E-state index is 12.4. The number of nitrogens with one attached hydrogen (secondary N) is 2. The summed E-state index contributed by atoms with van der Waals surface area (Å²) in [6, 6.07) is 15.5. The van der Waals surface area contributed by atoms with E-state index < -0.39 is 0 Å². The largest absolute Gasteiger partial charge is 0.489 e. The van der Waals surface area contributed by atoms with Crippen molar-refractivity contribution in [2.24, 2.45) is 5.92 Å². The smallest absolute Gasteiger partial charge is 0.227 e. The van der Waals surface area contributed by atoms with E-state index in [2.05, 4.69) is 17.6 Å². The standard InChI is InChI=1S/C20H23ClN2O2/c1-14-11-16(9-10-22-14)20(24)23-18-3-2-4-19(12-18)25-13-15-5-7-17(21)8-6-15/h2-8,12,14,16,22H,9-11,13H2,1H3,(H,23,24)/t14-,16-/m0/s1. The molecule has 1 fully saturated rings. The van der Waals surface area contributed by atoms with Gasteiger partial charge in [0.25, 0.3) is 0 Å². The van der Waals surface area contributed by atoms with Gasteiger partial charge in [0.2, 0.25) is 5.91 Å². The first-order valence-electron chi connectivity index (χ1n) is 8.62. The van der Waals surface area contributed by atoms with Crippen LogP contribution in [0.15, 0.2) is 48.5 Å². The summed E-state index contributed by atoms with van der Waals surface area (Å²) in [4.78, 5) is 12.4. The van der Waals surface area contributed by atoms with Gasteiger partial charge in [-0.05, 0) is 56.1 Å². The van der Waals surface area contributed by atoms with Crippen molar-refractivity contribution in [2.45, 2.75) is 32.4 Å². The van der Waals surface area contributed by atoms with Crippen molar-refractivity contribution in [2.75, 3.05) is 11.9 Å². The number of carbonyl (C=O) groups excluding carboxylic acids is 1. The number of piperidine rings is 1. The highest BCUT2D eigenvalue weighted by Crippen LogP contribution is 2.22. The molecule has 4 nitrogen and oxygen atoms in total. The van der Waals surface area contributed by atoms with Gasteiger partial charge in [0, 0.05) is 28.7 Å². The molecule has 132 valence electrons. The number of hydrogen-bond donors (Lipinski definition) is 2. The molecule has 25 heavy (non-hydrogen) atoms. The number of ether oxygens (including phenoxy) is 1. The first kappa shape index (κ1) is 17.8. The number of amides is 1. The highest BCUT2D eigenvalue weighted by Gasteiger charge is 2.24. The third kappa shape index (κ3) is 5.21. The lowest BCUT2D eigenvalue weighted by Gasteiger charge is -2.27. The normalized spacial score (nSPS) is 20.1. The summed E-state index contributed by atoms with van der Waals surface area (Å²) in [5.41, 5.74) is 1.81. The van der Waals surface area contributed by atoms with Gasteiger partial charge in [-0.15, -0.1) is 0 Å². The first-order chi connectivity index (χ1) is 12.1. The van der Waals surface area contributed by atoms with Crippen LogP contribution in [0.5, 0.6) is 5.75 Å². The lowest BCUT2D eigenvalue weighted by Crippen LogP contribution is -2.40. The van der Waals surface area contributed by atoms with Crippen molar-refractivity contribution in [1.29, 1.82) is 0 Å². The number of anilines is 1. The quantitative estimate of drug-likeness (QED) is 0.840. The van der Waals surface area contributed by atoms with Gasteiger partial charge >= 0.3 is 0 Å². The summed E-state index contributed by atoms with van der Waals surface area (Å²) in [6.45, 7) is 3.47. The van der Waals surface area contributed by atoms with E-state index >= 15 is 0 Å². The van der Waals surface area contributed by atoms with Gasteiger partial charge in [0.05, 0.1) is 0 Å². The summed E-state index contributed by atoms with van der Waals surface area (Å²) in [6.07, 6.45) is 1.75. The summed E-state index contributed by atoms with van der Waals surface area (Å²) >= 11 is 5.89. The lowest BCUT2D eigenvalue weighted by molar-refractivity contribution is -0.120. The Balaban J connectivity index is 1.57. The van der Waals surface area contributed by atoms with Crippen LogP contribution in [0, 0.1) is 5.92 Å². The molecule has 1 heterocycles. The Hall–Kier alpha value is -2.04. The molecule has 2 aromatic rings. The molecule has 0 saturated carbocycles. The van der Waals surface area contributed by atoms with E-state index in [1.165, 1.54) is 0 Å². The van der Waals surface area contributed by atoms with Crippen LogP contribution in [-0.4, -0.2) is 18.5 Å². The van der Waals surface area contributed by atoms with E-state index in [4.69, 9.17) is 16.3 Å². The molecular weight excluding hydrogens is 336 g/mol. The molecular formula is C20H23ClN2O2. The molecule has 1 saturated heterocycles. The molecule has 3 rings (SSSR count). The molecule has 0 bridgehead atoms. The van der Waals surface area contributed by atoms with E-state index in [0.29, 0.717) is 17.7 Å². The average molecular weight is 359 g/mol. The van der Waals surface area contributed by atoms with E-state index in [9.17, 15) is 4.79 Å². The van der Waals surface area contributed by atoms with E-state index in [0.717, 1.165) is 36.4 Å². The van der Waals surface area contributed by atoms with Crippen molar-refractivity contribution in [3.8, 4) is 5.75 Å². The predicted molar refractivity (Wildman–Crippen MR) is 101 cm³/mol. The maximum absolute atomic E-state index is 12.4. The summed E-state index contributed by atoms with van der Waals surface area (Å²) < 4.78 is 5.81. The lowest BCUT2D eigenvalue weighted by atomic mass is 9.92. The zero-order valence-corrected chi connectivity index (χ0v) is 15.1. The molecule has 0 radical (unpaired) electrons. The van der Waals surface area contributed by atoms with Crippen LogP contribution in [0.2, 0.25) is 5.02 Å². The van der Waals surface area contributed by atoms with E-state index in [-0.39, 0.29) is 11.8 Å². The summed E-state index contributed by atoms with van der Waals surface area (Å²) in [5, 5.41) is 7.09. The Morgan fingerprint density at radius 1 is 1.28 bits per heavy atom. The number of carbonyl (C=O) groups is 1. The van der Waals surface area contributed by atoms with Crippen LogP contribution >= 0.6 is 11.6 Å². The molecule has 2 N–H and O–H groups in total. The number of halogens is 1. The highest BCUT2D eigenvalue weighted by molar-refractivity contribution is 6.30. The zero-order valence-electron chi connectivity index (χ0n) is 14.3. The Morgan fingerprint density at radius 2 is 2.08 bits per heavy atom. The second kappa shape index (κ2) is 8.37. The first-order valence-corrected chi connectivity index (χ1v) is 8.99. The molecule has 1 aliphatic heterocycles. The van der Waals surface area contributed by atoms with Crippen LogP contribution in [-0.2, 0) is 11.4 Å². The van der Waals surface area contributed by atoms with Gasteiger partial charge in [-0.2, -0.15) is 0 Å². The molecule has 2 atom stereocenters. The molecule has 0 aromatic heterocycles. The Labute approximate surface area is 153 Å². The third-order valence-corrected chi connectivity index (χ3v) is 4.67. The second-order valence-electron chi connectivity index (χ2n) is 6.51. The monoisotopic (exact) mass is 358 g/mol. The fourth-order valence-corrected chi connectivity index (χ4v) is 3.15. The summed E-state index contributed by atoms with van der Waals surface area (Å²) in [5.74, 6) is 0.879. The van der Waals surface area contributed by atoms with Gasteiger partial charge in [-0.3, -0.25) is 4.79 Å². The third-order valence-electron chi connectivity index (χ3n) is 4.41. The average Bonchev–Trinajstić information content (AvgIpc) is 2.61. The Bertz CT molecular complexity index is 718. The minimum absolute atomic E-state index is 0.0647. The van der Waals surface area contributed by atoms with Gasteiger partial charge < -0.3 is 15.4 Å². The maximum Gasteiger partial charge on any atom is 0.227 e. The minimum Gasteiger partial charge on any atom is -0.489 e. The topological polar surface area (TPSA) is 50.4 Å². The van der Waals surface area contributed by atoms with Crippen molar-refractivity contribution in [1.82, 2.24) is 5.32 Å². The van der Waals surface area contributed by atoms with E-state index in [1.807, 2.05) is 48.5 Å². The van der Waals surface area contributed by atoms with Crippen LogP contribution < -0.4 is 15.4 Å². The summed E-state index contributed by atoms with van der Waals surface area (Å²) in [7, 11) is 0. The predicted octanol–water partition coefficient (Wildman–Crippen LogP) is 4.25. The molecule has 5 heteroatoms. The van der Waals surface area contributed by atoms with Crippen LogP contribution in [0.1, 0.15) is 25.3 Å². The van der Waals surface area contributed by atoms with Crippen LogP contribution in [0.4, 0.5) is 5.69 Å². The molecule has 0 spiro atoms. The molecule has 1 aliphatic rings. The number of rotatable bonds is 5. The molecule has 2 aromatic carbocycles. The van der Waals surface area contributed by atoms with Gasteiger partial charge in [-0.25, -0.2) is 0 Å². The van der Waals surface area contributed by atoms with Crippen molar-refractivity contribution < 1.29 is 9.53 Å². The van der Waals surface area contributed by atoms with Crippen molar-refractivity contribution >= 4 is 23.2 Å².